The third kappa shape index (κ3) is 2.37. The van der Waals surface area contributed by atoms with Crippen LogP contribution in [0.1, 0.15) is 5.56 Å². The average molecular weight is 320 g/mol. The molecule has 0 saturated heterocycles. The number of nitrogens with zero attached hydrogens (tertiary/aromatic N) is 2. The van der Waals surface area contributed by atoms with Gasteiger partial charge < -0.3 is 14.9 Å². The number of amides is 2. The molecule has 0 unspecified atom stereocenters. The number of hydrogen-bond acceptors (Lipinski definition) is 3. The molecule has 0 aliphatic carbocycles. The second kappa shape index (κ2) is 5.71. The molecule has 0 fully saturated rings. The molecule has 0 atom stereocenters. The fraction of sp³-hybridized carbons (Fsp3) is 0.0588. The molecule has 7 heteroatoms. The number of H-pyrrole nitrogens is 1. The van der Waals surface area contributed by atoms with E-state index in [1.54, 1.807) is 6.20 Å². The van der Waals surface area contributed by atoms with E-state index in [2.05, 4.69) is 31.3 Å². The van der Waals surface area contributed by atoms with Gasteiger partial charge in [-0.2, -0.15) is 0 Å². The first-order valence-corrected chi connectivity index (χ1v) is 7.52. The number of carbonyl (C=O) groups is 1. The molecule has 0 radical (unpaired) electrons. The summed E-state index contributed by atoms with van der Waals surface area (Å²) >= 11 is 0. The first kappa shape index (κ1) is 14.3. The normalized spacial score (nSPS) is 11.0. The minimum Gasteiger partial charge on any atom is -0.346 e. The van der Waals surface area contributed by atoms with Gasteiger partial charge in [0.25, 0.3) is 0 Å². The molecular formula is C17H16N6O. The molecule has 0 spiro atoms. The first-order chi connectivity index (χ1) is 11.8. The lowest BCUT2D eigenvalue weighted by molar-refractivity contribution is 0.252. The molecule has 2 amide bonds. The maximum Gasteiger partial charge on any atom is 0.333 e. The van der Waals surface area contributed by atoms with E-state index in [4.69, 9.17) is 5.84 Å². The van der Waals surface area contributed by atoms with Crippen LogP contribution >= 0.6 is 0 Å². The molecule has 3 aromatic heterocycles. The van der Waals surface area contributed by atoms with Crippen molar-refractivity contribution in [2.24, 2.45) is 5.84 Å². The van der Waals surface area contributed by atoms with Gasteiger partial charge in [0.2, 0.25) is 0 Å². The summed E-state index contributed by atoms with van der Waals surface area (Å²) in [5, 5.41) is 4.80. The van der Waals surface area contributed by atoms with Crippen molar-refractivity contribution < 1.29 is 4.79 Å². The number of pyridine rings is 1. The number of anilines is 1. The monoisotopic (exact) mass is 320 g/mol. The number of benzene rings is 1. The van der Waals surface area contributed by atoms with E-state index in [9.17, 15) is 4.79 Å². The number of rotatable bonds is 3. The summed E-state index contributed by atoms with van der Waals surface area (Å²) in [4.78, 5) is 19.0. The molecule has 4 aromatic rings. The van der Waals surface area contributed by atoms with E-state index in [1.165, 1.54) is 0 Å². The van der Waals surface area contributed by atoms with Crippen molar-refractivity contribution in [3.8, 4) is 0 Å². The van der Waals surface area contributed by atoms with Gasteiger partial charge in [-0.1, -0.05) is 6.07 Å². The van der Waals surface area contributed by atoms with Gasteiger partial charge in [-0.15, -0.1) is 0 Å². The zero-order valence-corrected chi connectivity index (χ0v) is 12.8. The van der Waals surface area contributed by atoms with E-state index in [0.29, 0.717) is 6.54 Å². The number of aromatic nitrogens is 3. The molecule has 0 bridgehead atoms. The van der Waals surface area contributed by atoms with Crippen LogP contribution in [0.15, 0.2) is 55.0 Å². The number of nitrogens with one attached hydrogen (secondary N) is 3. The SMILES string of the molecule is NNC(=O)Nc1cccc2c1ccn2Cc1c[nH]c2ncccc12. The van der Waals surface area contributed by atoms with Crippen LogP contribution in [0.4, 0.5) is 10.5 Å². The van der Waals surface area contributed by atoms with Crippen molar-refractivity contribution in [3.63, 3.8) is 0 Å². The molecule has 24 heavy (non-hydrogen) atoms. The van der Waals surface area contributed by atoms with Gasteiger partial charge >= 0.3 is 6.03 Å². The molecule has 3 heterocycles. The van der Waals surface area contributed by atoms with Crippen LogP contribution < -0.4 is 16.6 Å². The number of fused-ring (bicyclic) bond motifs is 2. The van der Waals surface area contributed by atoms with E-state index in [0.717, 1.165) is 33.2 Å². The minimum absolute atomic E-state index is 0.446. The maximum atomic E-state index is 11.5. The van der Waals surface area contributed by atoms with Crippen molar-refractivity contribution in [2.75, 3.05) is 5.32 Å². The lowest BCUT2D eigenvalue weighted by Gasteiger charge is -2.08. The lowest BCUT2D eigenvalue weighted by Crippen LogP contribution is -2.34. The Bertz CT molecular complexity index is 1030. The van der Waals surface area contributed by atoms with Crippen LogP contribution in [-0.4, -0.2) is 20.6 Å². The fourth-order valence-corrected chi connectivity index (χ4v) is 2.96. The predicted molar refractivity (Wildman–Crippen MR) is 93.5 cm³/mol. The fourth-order valence-electron chi connectivity index (χ4n) is 2.96. The first-order valence-electron chi connectivity index (χ1n) is 7.52. The summed E-state index contributed by atoms with van der Waals surface area (Å²) in [6.07, 6.45) is 5.76. The Hall–Kier alpha value is -3.32. The molecule has 120 valence electrons. The molecule has 0 aliphatic heterocycles. The standard InChI is InChI=1S/C17H16N6O/c18-22-17(24)21-14-4-1-5-15-13(14)6-8-23(15)10-11-9-20-16-12(11)3-2-7-19-16/h1-9H,10,18H2,(H,19,20)(H2,21,22,24). The zero-order valence-electron chi connectivity index (χ0n) is 12.8. The van der Waals surface area contributed by atoms with Crippen LogP contribution in [0, 0.1) is 0 Å². The summed E-state index contributed by atoms with van der Waals surface area (Å²) in [5.41, 5.74) is 5.86. The van der Waals surface area contributed by atoms with E-state index in [-0.39, 0.29) is 0 Å². The van der Waals surface area contributed by atoms with E-state index < -0.39 is 6.03 Å². The highest BCUT2D eigenvalue weighted by Crippen LogP contribution is 2.26. The third-order valence-electron chi connectivity index (χ3n) is 4.07. The van der Waals surface area contributed by atoms with Crippen molar-refractivity contribution in [1.29, 1.82) is 0 Å². The van der Waals surface area contributed by atoms with Crippen molar-refractivity contribution >= 4 is 33.7 Å². The van der Waals surface area contributed by atoms with Gasteiger partial charge in [0.15, 0.2) is 0 Å². The van der Waals surface area contributed by atoms with Crippen LogP contribution in [0.3, 0.4) is 0 Å². The quantitative estimate of drug-likeness (QED) is 0.265. The maximum absolute atomic E-state index is 11.5. The van der Waals surface area contributed by atoms with Gasteiger partial charge in [0, 0.05) is 35.9 Å². The highest BCUT2D eigenvalue weighted by atomic mass is 16.2. The summed E-state index contributed by atoms with van der Waals surface area (Å²) in [5.74, 6) is 5.14. The van der Waals surface area contributed by atoms with Crippen LogP contribution in [0.5, 0.6) is 0 Å². The van der Waals surface area contributed by atoms with Crippen LogP contribution in [-0.2, 0) is 6.54 Å². The topological polar surface area (TPSA) is 101 Å². The van der Waals surface area contributed by atoms with Gasteiger partial charge in [-0.05, 0) is 35.9 Å². The molecule has 5 N–H and O–H groups in total. The highest BCUT2D eigenvalue weighted by molar-refractivity contribution is 6.00. The van der Waals surface area contributed by atoms with Crippen LogP contribution in [0.25, 0.3) is 21.9 Å². The molecule has 4 rings (SSSR count). The molecule has 0 saturated carbocycles. The number of aromatic amines is 1. The van der Waals surface area contributed by atoms with Crippen LogP contribution in [0.2, 0.25) is 0 Å². The number of carbonyl (C=O) groups excluding carboxylic acids is 1. The third-order valence-corrected chi connectivity index (χ3v) is 4.07. The summed E-state index contributed by atoms with van der Waals surface area (Å²) in [6.45, 7) is 0.710. The predicted octanol–water partition coefficient (Wildman–Crippen LogP) is 2.56. The Balaban J connectivity index is 1.73. The minimum atomic E-state index is -0.446. The number of hydrogen-bond donors (Lipinski definition) is 4. The van der Waals surface area contributed by atoms with Gasteiger partial charge in [0.1, 0.15) is 5.65 Å². The number of urea groups is 1. The number of nitrogens with two attached hydrogens (primary N) is 1. The Morgan fingerprint density at radius 1 is 1.21 bits per heavy atom. The van der Waals surface area contributed by atoms with Gasteiger partial charge in [-0.3, -0.25) is 5.43 Å². The molecule has 0 aliphatic rings. The summed E-state index contributed by atoms with van der Waals surface area (Å²) < 4.78 is 2.14. The number of hydrazine groups is 1. The van der Waals surface area contributed by atoms with Crippen molar-refractivity contribution in [2.45, 2.75) is 6.54 Å². The Kier molecular flexibility index (Phi) is 3.40. The Labute approximate surface area is 137 Å². The smallest absolute Gasteiger partial charge is 0.333 e. The molecule has 7 nitrogen and oxygen atoms in total. The van der Waals surface area contributed by atoms with Crippen molar-refractivity contribution in [3.05, 3.63) is 60.6 Å². The highest BCUT2D eigenvalue weighted by Gasteiger charge is 2.10. The van der Waals surface area contributed by atoms with E-state index >= 15 is 0 Å². The van der Waals surface area contributed by atoms with Gasteiger partial charge in [-0.25, -0.2) is 15.6 Å². The molecular weight excluding hydrogens is 304 g/mol. The lowest BCUT2D eigenvalue weighted by atomic mass is 10.2. The second-order valence-electron chi connectivity index (χ2n) is 5.49. The van der Waals surface area contributed by atoms with E-state index in [1.807, 2.05) is 42.7 Å². The largest absolute Gasteiger partial charge is 0.346 e. The Morgan fingerprint density at radius 2 is 2.12 bits per heavy atom. The van der Waals surface area contributed by atoms with Gasteiger partial charge in [0.05, 0.1) is 11.2 Å². The summed E-state index contributed by atoms with van der Waals surface area (Å²) in [6, 6.07) is 11.3. The Morgan fingerprint density at radius 3 is 3.00 bits per heavy atom. The second-order valence-corrected chi connectivity index (χ2v) is 5.49. The summed E-state index contributed by atoms with van der Waals surface area (Å²) in [7, 11) is 0. The van der Waals surface area contributed by atoms with Crippen molar-refractivity contribution in [1.82, 2.24) is 20.0 Å². The molecule has 1 aromatic carbocycles. The zero-order chi connectivity index (χ0) is 16.5. The average Bonchev–Trinajstić information content (AvgIpc) is 3.21.